The lowest BCUT2D eigenvalue weighted by molar-refractivity contribution is -0.115. The van der Waals surface area contributed by atoms with E-state index in [1.54, 1.807) is 6.07 Å². The highest BCUT2D eigenvalue weighted by Gasteiger charge is 2.29. The highest BCUT2D eigenvalue weighted by atomic mass is 19.1. The quantitative estimate of drug-likeness (QED) is 0.534. The normalized spacial score (nSPS) is 21.3. The van der Waals surface area contributed by atoms with Gasteiger partial charge in [-0.3, -0.25) is 4.79 Å². The Morgan fingerprint density at radius 1 is 1.19 bits per heavy atom. The number of nitrogens with one attached hydrogen (secondary N) is 3. The first-order valence-corrected chi connectivity index (χ1v) is 11.4. The van der Waals surface area contributed by atoms with Gasteiger partial charge in [0.2, 0.25) is 5.91 Å². The summed E-state index contributed by atoms with van der Waals surface area (Å²) in [5.74, 6) is 1.82. The predicted octanol–water partition coefficient (Wildman–Crippen LogP) is 3.73. The van der Waals surface area contributed by atoms with Crippen molar-refractivity contribution in [3.8, 4) is 11.5 Å². The van der Waals surface area contributed by atoms with Crippen LogP contribution in [0.25, 0.3) is 10.9 Å². The number of benzene rings is 2. The fourth-order valence-electron chi connectivity index (χ4n) is 5.27. The maximum absolute atomic E-state index is 13.7. The number of aryl methyl sites for hydroxylation is 1. The fraction of sp³-hybridized carbons (Fsp3) is 0.400. The number of hydrogen-bond acceptors (Lipinski definition) is 4. The number of rotatable bonds is 5. The van der Waals surface area contributed by atoms with E-state index < -0.39 is 0 Å². The van der Waals surface area contributed by atoms with Crippen molar-refractivity contribution in [3.63, 3.8) is 0 Å². The SMILES string of the molecule is O=C1Cc2c(ccc3c2OC[C@H](CNCCC2CCc4[nH]c5ccc(F)cc5c4C2)O3)N1. The Bertz CT molecular complexity index is 1200. The van der Waals surface area contributed by atoms with E-state index in [4.69, 9.17) is 9.47 Å². The third kappa shape index (κ3) is 3.50. The molecule has 32 heavy (non-hydrogen) atoms. The lowest BCUT2D eigenvalue weighted by atomic mass is 9.84. The van der Waals surface area contributed by atoms with Gasteiger partial charge in [-0.2, -0.15) is 0 Å². The minimum Gasteiger partial charge on any atom is -0.485 e. The van der Waals surface area contributed by atoms with E-state index in [0.717, 1.165) is 54.4 Å². The molecule has 7 heteroatoms. The number of H-pyrrole nitrogens is 1. The first-order valence-electron chi connectivity index (χ1n) is 11.4. The molecule has 1 aromatic heterocycles. The Hall–Kier alpha value is -3.06. The number of halogens is 1. The zero-order chi connectivity index (χ0) is 21.7. The van der Waals surface area contributed by atoms with Crippen LogP contribution < -0.4 is 20.1 Å². The smallest absolute Gasteiger partial charge is 0.229 e. The molecule has 0 bridgehead atoms. The number of carbonyl (C=O) groups is 1. The molecule has 1 aliphatic carbocycles. The van der Waals surface area contributed by atoms with Crippen LogP contribution in [0.1, 0.15) is 29.7 Å². The molecule has 6 rings (SSSR count). The van der Waals surface area contributed by atoms with Crippen molar-refractivity contribution in [1.29, 1.82) is 0 Å². The summed E-state index contributed by atoms with van der Waals surface area (Å²) in [6.45, 7) is 2.09. The Balaban J connectivity index is 1.02. The van der Waals surface area contributed by atoms with Crippen LogP contribution in [0.3, 0.4) is 0 Å². The first-order chi connectivity index (χ1) is 15.6. The highest BCUT2D eigenvalue weighted by molar-refractivity contribution is 6.00. The summed E-state index contributed by atoms with van der Waals surface area (Å²) < 4.78 is 25.8. The Kier molecular flexibility index (Phi) is 4.79. The van der Waals surface area contributed by atoms with Crippen LogP contribution in [0.5, 0.6) is 11.5 Å². The summed E-state index contributed by atoms with van der Waals surface area (Å²) in [5, 5.41) is 7.39. The molecule has 6 nitrogen and oxygen atoms in total. The molecule has 3 aromatic rings. The summed E-state index contributed by atoms with van der Waals surface area (Å²) in [6.07, 6.45) is 4.53. The van der Waals surface area contributed by atoms with Gasteiger partial charge >= 0.3 is 0 Å². The standard InChI is InChI=1S/C25H26FN3O3/c26-15-2-4-21-18(10-15)17-9-14(1-3-20(17)28-21)7-8-27-12-16-13-31-25-19-11-24(30)29-22(19)5-6-23(25)32-16/h2,4-6,10,14,16,27-28H,1,3,7-9,11-13H2,(H,29,30)/t14?,16-/m0/s1. The first kappa shape index (κ1) is 19.6. The second-order valence-electron chi connectivity index (χ2n) is 9.07. The van der Waals surface area contributed by atoms with Crippen molar-refractivity contribution in [1.82, 2.24) is 10.3 Å². The summed E-state index contributed by atoms with van der Waals surface area (Å²) >= 11 is 0. The molecule has 2 aliphatic heterocycles. The van der Waals surface area contributed by atoms with Gasteiger partial charge in [-0.15, -0.1) is 0 Å². The van der Waals surface area contributed by atoms with E-state index in [2.05, 4.69) is 15.6 Å². The number of aromatic amines is 1. The van der Waals surface area contributed by atoms with Crippen molar-refractivity contribution in [2.75, 3.05) is 25.0 Å². The molecule has 2 atom stereocenters. The van der Waals surface area contributed by atoms with Crippen LogP contribution in [-0.2, 0) is 24.1 Å². The minimum atomic E-state index is -0.174. The second kappa shape index (κ2) is 7.81. The van der Waals surface area contributed by atoms with Crippen molar-refractivity contribution in [3.05, 3.63) is 53.0 Å². The van der Waals surface area contributed by atoms with Gasteiger partial charge in [-0.1, -0.05) is 0 Å². The molecule has 0 saturated heterocycles. The Labute approximate surface area is 185 Å². The molecule has 166 valence electrons. The van der Waals surface area contributed by atoms with Crippen LogP contribution >= 0.6 is 0 Å². The number of hydrogen-bond donors (Lipinski definition) is 3. The van der Waals surface area contributed by atoms with Crippen LogP contribution in [0.2, 0.25) is 0 Å². The topological polar surface area (TPSA) is 75.4 Å². The molecule has 3 heterocycles. The second-order valence-corrected chi connectivity index (χ2v) is 9.07. The number of aromatic nitrogens is 1. The highest BCUT2D eigenvalue weighted by Crippen LogP contribution is 2.41. The van der Waals surface area contributed by atoms with Crippen LogP contribution in [-0.4, -0.2) is 36.7 Å². The van der Waals surface area contributed by atoms with E-state index >= 15 is 0 Å². The Morgan fingerprint density at radius 3 is 3.06 bits per heavy atom. The maximum atomic E-state index is 13.7. The van der Waals surface area contributed by atoms with E-state index in [-0.39, 0.29) is 17.8 Å². The molecule has 0 fully saturated rings. The molecule has 2 aromatic carbocycles. The van der Waals surface area contributed by atoms with Gasteiger partial charge in [-0.05, 0) is 74.0 Å². The lowest BCUT2D eigenvalue weighted by Gasteiger charge is -2.28. The average Bonchev–Trinajstić information content (AvgIpc) is 3.35. The van der Waals surface area contributed by atoms with Crippen molar-refractivity contribution < 1.29 is 18.7 Å². The molecule has 3 N–H and O–H groups in total. The number of fused-ring (bicyclic) bond motifs is 6. The Morgan fingerprint density at radius 2 is 2.12 bits per heavy atom. The molecule has 0 saturated carbocycles. The zero-order valence-corrected chi connectivity index (χ0v) is 17.8. The van der Waals surface area contributed by atoms with E-state index in [0.29, 0.717) is 37.0 Å². The van der Waals surface area contributed by atoms with E-state index in [1.165, 1.54) is 17.3 Å². The van der Waals surface area contributed by atoms with Crippen LogP contribution in [0.4, 0.5) is 10.1 Å². The summed E-state index contributed by atoms with van der Waals surface area (Å²) in [5.41, 5.74) is 5.31. The molecule has 0 spiro atoms. The average molecular weight is 435 g/mol. The third-order valence-corrected chi connectivity index (χ3v) is 6.90. The van der Waals surface area contributed by atoms with Crippen LogP contribution in [0, 0.1) is 11.7 Å². The molecular formula is C25H26FN3O3. The van der Waals surface area contributed by atoms with E-state index in [9.17, 15) is 9.18 Å². The molecule has 0 radical (unpaired) electrons. The number of ether oxygens (including phenoxy) is 2. The molecule has 1 unspecified atom stereocenters. The number of amides is 1. The number of carbonyl (C=O) groups excluding carboxylic acids is 1. The largest absolute Gasteiger partial charge is 0.485 e. The fourth-order valence-corrected chi connectivity index (χ4v) is 5.27. The molecule has 1 amide bonds. The summed E-state index contributed by atoms with van der Waals surface area (Å²) in [4.78, 5) is 15.1. The van der Waals surface area contributed by atoms with Gasteiger partial charge in [0.05, 0.1) is 6.42 Å². The van der Waals surface area contributed by atoms with Crippen molar-refractivity contribution in [2.45, 2.75) is 38.2 Å². The molecule has 3 aliphatic rings. The summed E-state index contributed by atoms with van der Waals surface area (Å²) in [6, 6.07) is 8.77. The van der Waals surface area contributed by atoms with Crippen LogP contribution in [0.15, 0.2) is 30.3 Å². The number of anilines is 1. The van der Waals surface area contributed by atoms with Gasteiger partial charge in [0.25, 0.3) is 0 Å². The maximum Gasteiger partial charge on any atom is 0.229 e. The van der Waals surface area contributed by atoms with Crippen molar-refractivity contribution >= 4 is 22.5 Å². The van der Waals surface area contributed by atoms with Gasteiger partial charge in [0.1, 0.15) is 18.5 Å². The van der Waals surface area contributed by atoms with E-state index in [1.807, 2.05) is 18.2 Å². The van der Waals surface area contributed by atoms with Crippen molar-refractivity contribution in [2.24, 2.45) is 5.92 Å². The monoisotopic (exact) mass is 435 g/mol. The lowest BCUT2D eigenvalue weighted by Crippen LogP contribution is -2.39. The van der Waals surface area contributed by atoms with Gasteiger partial charge in [0, 0.05) is 34.4 Å². The minimum absolute atomic E-state index is 0.00612. The predicted molar refractivity (Wildman–Crippen MR) is 120 cm³/mol. The van der Waals surface area contributed by atoms with Gasteiger partial charge in [-0.25, -0.2) is 4.39 Å². The summed E-state index contributed by atoms with van der Waals surface area (Å²) in [7, 11) is 0. The van der Waals surface area contributed by atoms with Gasteiger partial charge < -0.3 is 25.1 Å². The van der Waals surface area contributed by atoms with Gasteiger partial charge in [0.15, 0.2) is 11.5 Å². The zero-order valence-electron chi connectivity index (χ0n) is 17.8. The molecular weight excluding hydrogens is 409 g/mol. The third-order valence-electron chi connectivity index (χ3n) is 6.90.